The molecule has 2 unspecified atom stereocenters. The summed E-state index contributed by atoms with van der Waals surface area (Å²) in [5.41, 5.74) is 2.16. The first kappa shape index (κ1) is 51.8. The lowest BCUT2D eigenvalue weighted by atomic mass is 10.0. The lowest BCUT2D eigenvalue weighted by molar-refractivity contribution is -0.127. The fourth-order valence-corrected chi connectivity index (χ4v) is 8.30. The topological polar surface area (TPSA) is 200 Å². The maximum absolute atomic E-state index is 13.6. The largest absolute Gasteiger partial charge is 0.323 e. The Morgan fingerprint density at radius 2 is 0.773 bits per heavy atom. The van der Waals surface area contributed by atoms with Gasteiger partial charge in [-0.25, -0.2) is 0 Å². The van der Waals surface area contributed by atoms with Crippen molar-refractivity contribution in [3.8, 4) is 0 Å². The zero-order valence-corrected chi connectivity index (χ0v) is 40.8. The summed E-state index contributed by atoms with van der Waals surface area (Å²) in [6, 6.07) is 13.7. The van der Waals surface area contributed by atoms with Crippen molar-refractivity contribution in [3.63, 3.8) is 0 Å². The van der Waals surface area contributed by atoms with Gasteiger partial charge in [0.2, 0.25) is 12.1 Å². The predicted molar refractivity (Wildman–Crippen MR) is 262 cm³/mol. The number of azo groups is 2. The third-order valence-electron chi connectivity index (χ3n) is 9.23. The first-order valence-corrected chi connectivity index (χ1v) is 22.3. The highest BCUT2D eigenvalue weighted by Gasteiger charge is 2.27. The van der Waals surface area contributed by atoms with Crippen molar-refractivity contribution >= 4 is 162 Å². The van der Waals surface area contributed by atoms with Crippen LogP contribution in [0.4, 0.5) is 34.1 Å². The summed E-state index contributed by atoms with van der Waals surface area (Å²) in [6.07, 6.45) is 0.705. The lowest BCUT2D eigenvalue weighted by Gasteiger charge is -2.18. The average molecular weight is 1050 g/mol. The fourth-order valence-electron chi connectivity index (χ4n) is 6.02. The molecule has 0 aliphatic rings. The number of Topliss-reactive ketones (excluding diaryl/α,β-unsaturated/α-hetero) is 2. The number of carbonyl (C=O) groups is 6. The summed E-state index contributed by atoms with van der Waals surface area (Å²) in [6.45, 7) is 5.93. The van der Waals surface area contributed by atoms with Crippen molar-refractivity contribution in [2.45, 2.75) is 52.6 Å². The van der Waals surface area contributed by atoms with E-state index in [1.54, 1.807) is 26.0 Å². The molecule has 0 fully saturated rings. The number of anilines is 4. The van der Waals surface area contributed by atoms with Crippen molar-refractivity contribution in [2.75, 3.05) is 21.3 Å². The molecule has 0 radical (unpaired) electrons. The molecule has 0 bridgehead atoms. The van der Waals surface area contributed by atoms with Crippen molar-refractivity contribution in [2.24, 2.45) is 20.5 Å². The number of halogens is 8. The number of ketones is 2. The molecule has 5 aromatic rings. The monoisotopic (exact) mass is 1050 g/mol. The number of carbonyl (C=O) groups excluding carboxylic acids is 6. The quantitative estimate of drug-likeness (QED) is 0.0559. The van der Waals surface area contributed by atoms with Crippen LogP contribution in [0, 0.1) is 0 Å². The first-order valence-electron chi connectivity index (χ1n) is 19.3. The van der Waals surface area contributed by atoms with Crippen LogP contribution in [0.3, 0.4) is 0 Å². The molecular formula is C44H34Cl8N8O6. The molecule has 22 heteroatoms. The molecule has 66 heavy (non-hydrogen) atoms. The van der Waals surface area contributed by atoms with E-state index in [0.717, 1.165) is 13.8 Å². The van der Waals surface area contributed by atoms with Crippen LogP contribution in [-0.4, -0.2) is 47.3 Å². The van der Waals surface area contributed by atoms with Crippen LogP contribution in [-0.2, 0) is 32.0 Å². The van der Waals surface area contributed by atoms with Crippen LogP contribution < -0.4 is 21.3 Å². The Morgan fingerprint density at radius 1 is 0.455 bits per heavy atom. The Kier molecular flexibility index (Phi) is 18.1. The second kappa shape index (κ2) is 23.0. The molecule has 0 spiro atoms. The molecule has 0 aromatic heterocycles. The number of rotatable bonds is 16. The Bertz CT molecular complexity index is 2620. The smallest absolute Gasteiger partial charge is 0.258 e. The van der Waals surface area contributed by atoms with Gasteiger partial charge in [-0.15, -0.1) is 0 Å². The standard InChI is InChI=1S/C44H34Cl8N8O6/c1-5-21-11-36(54-44(66)38(20(4)62)60-58-30-10-24(8-26(46)14-30)42(64)56-40-33(51)17-28(48)18-34(40)52)22(6-2)12-35(21)53-43(65)37(19(3)61)59-57-29-9-23(7-25(45)13-29)41(63)55-39-31(49)15-27(47)16-32(39)50/h7-18,37-38H,5-6H2,1-4H3,(H,53,65)(H,54,66)(H,55,63)(H,56,64). The molecule has 0 saturated carbocycles. The second-order valence-electron chi connectivity index (χ2n) is 14.1. The Balaban J connectivity index is 1.32. The molecule has 4 N–H and O–H groups in total. The van der Waals surface area contributed by atoms with Gasteiger partial charge in [0.05, 0.1) is 42.8 Å². The number of hydrogen-bond acceptors (Lipinski definition) is 10. The van der Waals surface area contributed by atoms with E-state index in [0.29, 0.717) is 35.3 Å². The van der Waals surface area contributed by atoms with E-state index in [1.807, 2.05) is 0 Å². The van der Waals surface area contributed by atoms with Crippen molar-refractivity contribution in [1.29, 1.82) is 0 Å². The van der Waals surface area contributed by atoms with Gasteiger partial charge in [-0.05, 0) is 111 Å². The van der Waals surface area contributed by atoms with Gasteiger partial charge in [0.15, 0.2) is 11.6 Å². The first-order chi connectivity index (χ1) is 31.2. The summed E-state index contributed by atoms with van der Waals surface area (Å²) in [5, 5.41) is 27.9. The maximum atomic E-state index is 13.6. The maximum Gasteiger partial charge on any atom is 0.258 e. The molecule has 5 aromatic carbocycles. The van der Waals surface area contributed by atoms with Gasteiger partial charge < -0.3 is 21.3 Å². The van der Waals surface area contributed by atoms with Crippen molar-refractivity contribution < 1.29 is 28.8 Å². The normalized spacial score (nSPS) is 12.2. The Morgan fingerprint density at radius 3 is 1.08 bits per heavy atom. The molecule has 342 valence electrons. The molecular weight excluding hydrogens is 1020 g/mol. The summed E-state index contributed by atoms with van der Waals surface area (Å²) in [5.74, 6) is -4.22. The van der Waals surface area contributed by atoms with Gasteiger partial charge in [-0.1, -0.05) is 107 Å². The molecule has 5 rings (SSSR count). The predicted octanol–water partition coefficient (Wildman–Crippen LogP) is 13.9. The minimum absolute atomic E-state index is 0.0388. The number of hydrogen-bond donors (Lipinski definition) is 4. The average Bonchev–Trinajstić information content (AvgIpc) is 3.23. The van der Waals surface area contributed by atoms with Gasteiger partial charge in [0.1, 0.15) is 0 Å². The Labute approximate surface area is 417 Å². The van der Waals surface area contributed by atoms with Gasteiger partial charge in [0, 0.05) is 42.6 Å². The van der Waals surface area contributed by atoms with E-state index in [9.17, 15) is 28.8 Å². The van der Waals surface area contributed by atoms with E-state index < -0.39 is 47.3 Å². The highest BCUT2D eigenvalue weighted by atomic mass is 35.5. The highest BCUT2D eigenvalue weighted by molar-refractivity contribution is 6.43. The van der Waals surface area contributed by atoms with Crippen LogP contribution in [0.1, 0.15) is 59.5 Å². The minimum atomic E-state index is -1.62. The Hall–Kier alpha value is -5.16. The van der Waals surface area contributed by atoms with Crippen LogP contribution in [0.25, 0.3) is 0 Å². The van der Waals surface area contributed by atoms with E-state index in [2.05, 4.69) is 41.7 Å². The number of nitrogens with one attached hydrogen (secondary N) is 4. The second-order valence-corrected chi connectivity index (χ2v) is 17.5. The van der Waals surface area contributed by atoms with E-state index in [1.165, 1.54) is 60.7 Å². The summed E-state index contributed by atoms with van der Waals surface area (Å²) in [7, 11) is 0. The number of amides is 4. The molecule has 0 aliphatic heterocycles. The van der Waals surface area contributed by atoms with E-state index in [4.69, 9.17) is 92.8 Å². The zero-order valence-electron chi connectivity index (χ0n) is 34.8. The molecule has 0 aliphatic carbocycles. The zero-order chi connectivity index (χ0) is 48.6. The summed E-state index contributed by atoms with van der Waals surface area (Å²) < 4.78 is 0. The minimum Gasteiger partial charge on any atom is -0.323 e. The van der Waals surface area contributed by atoms with Crippen molar-refractivity contribution in [1.82, 2.24) is 0 Å². The van der Waals surface area contributed by atoms with Crippen LogP contribution in [0.5, 0.6) is 0 Å². The fraction of sp³-hybridized carbons (Fsp3) is 0.182. The molecule has 14 nitrogen and oxygen atoms in total. The molecule has 2 atom stereocenters. The molecule has 0 saturated heterocycles. The summed E-state index contributed by atoms with van der Waals surface area (Å²) >= 11 is 49.4. The third-order valence-corrected chi connectivity index (χ3v) is 11.3. The van der Waals surface area contributed by atoms with Crippen LogP contribution in [0.15, 0.2) is 93.3 Å². The number of benzene rings is 5. The van der Waals surface area contributed by atoms with Gasteiger partial charge in [-0.3, -0.25) is 28.8 Å². The highest BCUT2D eigenvalue weighted by Crippen LogP contribution is 2.36. The SMILES string of the molecule is CCc1cc(NC(=O)C(N=Nc2cc(Cl)cc(C(=O)Nc3c(Cl)cc(Cl)cc3Cl)c2)C(C)=O)c(CC)cc1NC(=O)C(N=Nc1cc(Cl)cc(C(=O)Nc2c(Cl)cc(Cl)cc2Cl)c1)C(C)=O. The van der Waals surface area contributed by atoms with E-state index in [-0.39, 0.29) is 74.1 Å². The van der Waals surface area contributed by atoms with Crippen LogP contribution in [0.2, 0.25) is 40.2 Å². The number of nitrogens with zero attached hydrogens (tertiary/aromatic N) is 4. The number of aryl methyl sites for hydroxylation is 2. The molecule has 4 amide bonds. The summed E-state index contributed by atoms with van der Waals surface area (Å²) in [4.78, 5) is 79.0. The van der Waals surface area contributed by atoms with Crippen LogP contribution >= 0.6 is 92.8 Å². The lowest BCUT2D eigenvalue weighted by Crippen LogP contribution is -2.33. The van der Waals surface area contributed by atoms with Gasteiger partial charge in [0.25, 0.3) is 23.6 Å². The molecule has 0 heterocycles. The van der Waals surface area contributed by atoms with E-state index >= 15 is 0 Å². The third kappa shape index (κ3) is 13.5. The van der Waals surface area contributed by atoms with Gasteiger partial charge >= 0.3 is 0 Å². The van der Waals surface area contributed by atoms with Crippen molar-refractivity contribution in [3.05, 3.63) is 135 Å². The van der Waals surface area contributed by atoms with Gasteiger partial charge in [-0.2, -0.15) is 20.5 Å².